The van der Waals surface area contributed by atoms with Crippen LogP contribution in [0.3, 0.4) is 0 Å². The molecular formula is C15H14BrN4O+. The largest absolute Gasteiger partial charge is 0.493 e. The third kappa shape index (κ3) is 1.56. The molecule has 0 saturated heterocycles. The van der Waals surface area contributed by atoms with Gasteiger partial charge in [-0.2, -0.15) is 4.57 Å². The van der Waals surface area contributed by atoms with Crippen LogP contribution in [0, 0.1) is 13.8 Å². The second-order valence-corrected chi connectivity index (χ2v) is 6.03. The molecule has 3 aromatic rings. The summed E-state index contributed by atoms with van der Waals surface area (Å²) in [7, 11) is 1.69. The van der Waals surface area contributed by atoms with Gasteiger partial charge in [0.25, 0.3) is 12.0 Å². The fraction of sp³-hybridized carbons (Fsp3) is 0.200. The number of hydrogen-bond donors (Lipinski definition) is 1. The zero-order chi connectivity index (χ0) is 14.7. The lowest BCUT2D eigenvalue weighted by atomic mass is 10.1. The summed E-state index contributed by atoms with van der Waals surface area (Å²) < 4.78 is 10.6. The van der Waals surface area contributed by atoms with Gasteiger partial charge in [-0.15, -0.1) is 0 Å². The van der Waals surface area contributed by atoms with Gasteiger partial charge in [-0.3, -0.25) is 0 Å². The van der Waals surface area contributed by atoms with E-state index in [1.54, 1.807) is 7.11 Å². The number of ether oxygens (including phenoxy) is 1. The van der Waals surface area contributed by atoms with Gasteiger partial charge in [0.15, 0.2) is 11.4 Å². The summed E-state index contributed by atoms with van der Waals surface area (Å²) >= 11 is 3.64. The monoisotopic (exact) mass is 345 g/mol. The van der Waals surface area contributed by atoms with Gasteiger partial charge in [-0.25, -0.2) is 0 Å². The van der Waals surface area contributed by atoms with Crippen LogP contribution < -0.4 is 14.6 Å². The lowest BCUT2D eigenvalue weighted by Crippen LogP contribution is -2.35. The second-order valence-electron chi connectivity index (χ2n) is 5.18. The molecule has 0 saturated carbocycles. The number of aryl methyl sites for hydroxylation is 2. The first-order valence-corrected chi connectivity index (χ1v) is 7.44. The molecule has 2 aromatic heterocycles. The lowest BCUT2D eigenvalue weighted by Gasteiger charge is -2.21. The summed E-state index contributed by atoms with van der Waals surface area (Å²) in [6.45, 7) is 4.12. The van der Waals surface area contributed by atoms with E-state index < -0.39 is 0 Å². The van der Waals surface area contributed by atoms with Crippen LogP contribution in [0.1, 0.15) is 11.3 Å². The number of halogens is 1. The molecule has 0 amide bonds. The third-order valence-electron chi connectivity index (χ3n) is 3.90. The minimum atomic E-state index is 0.825. The molecule has 1 aromatic carbocycles. The highest BCUT2D eigenvalue weighted by Crippen LogP contribution is 2.40. The quantitative estimate of drug-likeness (QED) is 0.539. The van der Waals surface area contributed by atoms with Crippen LogP contribution in [0.25, 0.3) is 11.3 Å². The van der Waals surface area contributed by atoms with E-state index in [0.717, 1.165) is 44.2 Å². The predicted octanol–water partition coefficient (Wildman–Crippen LogP) is 3.06. The van der Waals surface area contributed by atoms with Crippen LogP contribution in [0.4, 0.5) is 11.4 Å². The molecule has 0 bridgehead atoms. The van der Waals surface area contributed by atoms with Crippen LogP contribution in [-0.4, -0.2) is 16.7 Å². The van der Waals surface area contributed by atoms with E-state index >= 15 is 0 Å². The molecule has 1 N–H and O–H groups in total. The fourth-order valence-corrected chi connectivity index (χ4v) is 3.47. The molecule has 21 heavy (non-hydrogen) atoms. The van der Waals surface area contributed by atoms with Gasteiger partial charge in [0, 0.05) is 5.10 Å². The third-order valence-corrected chi connectivity index (χ3v) is 4.53. The van der Waals surface area contributed by atoms with Crippen LogP contribution in [0.2, 0.25) is 0 Å². The van der Waals surface area contributed by atoms with Crippen molar-refractivity contribution in [1.29, 1.82) is 0 Å². The number of rotatable bonds is 1. The molecule has 0 atom stereocenters. The van der Waals surface area contributed by atoms with Crippen LogP contribution in [-0.2, 0) is 0 Å². The SMILES string of the molecule is COc1ccc(C)c2c1-[n+]1cnn3c(C)cc(Br)c(c31)N2. The van der Waals surface area contributed by atoms with Crippen molar-refractivity contribution in [3.05, 3.63) is 40.3 Å². The van der Waals surface area contributed by atoms with Crippen molar-refractivity contribution < 1.29 is 9.30 Å². The maximum atomic E-state index is 5.53. The van der Waals surface area contributed by atoms with Gasteiger partial charge in [0.05, 0.1) is 17.3 Å². The normalized spacial score (nSPS) is 12.2. The molecule has 0 unspecified atom stereocenters. The van der Waals surface area contributed by atoms with Crippen LogP contribution in [0.15, 0.2) is 29.0 Å². The maximum Gasteiger partial charge on any atom is 0.295 e. The highest BCUT2D eigenvalue weighted by molar-refractivity contribution is 9.10. The van der Waals surface area contributed by atoms with Crippen molar-refractivity contribution >= 4 is 33.0 Å². The summed E-state index contributed by atoms with van der Waals surface area (Å²) in [5.41, 5.74) is 6.29. The number of pyridine rings is 1. The lowest BCUT2D eigenvalue weighted by molar-refractivity contribution is -0.568. The van der Waals surface area contributed by atoms with Crippen molar-refractivity contribution in [3.63, 3.8) is 0 Å². The summed E-state index contributed by atoms with van der Waals surface area (Å²) in [6.07, 6.45) is 1.83. The molecule has 0 spiro atoms. The van der Waals surface area contributed by atoms with Gasteiger partial charge in [0.2, 0.25) is 0 Å². The Bertz CT molecular complexity index is 901. The molecule has 6 heteroatoms. The molecule has 1 aliphatic heterocycles. The van der Waals surface area contributed by atoms with Crippen molar-refractivity contribution in [2.24, 2.45) is 0 Å². The van der Waals surface area contributed by atoms with Gasteiger partial charge < -0.3 is 10.1 Å². The van der Waals surface area contributed by atoms with Crippen molar-refractivity contribution in [2.45, 2.75) is 13.8 Å². The number of aromatic nitrogens is 3. The second kappa shape index (κ2) is 4.21. The standard InChI is InChI=1S/C15H14BrN4O/c1-8-4-5-11(21-3)14-12(8)18-13-10(16)6-9(2)20-15(13)19(14)7-17-20/h4-7,18H,1-3H3/q+1. The molecule has 0 aliphatic carbocycles. The molecule has 0 fully saturated rings. The molecule has 4 rings (SSSR count). The fourth-order valence-electron chi connectivity index (χ4n) is 2.86. The van der Waals surface area contributed by atoms with Crippen molar-refractivity contribution in [2.75, 3.05) is 12.4 Å². The molecule has 5 nitrogen and oxygen atoms in total. The van der Waals surface area contributed by atoms with Crippen molar-refractivity contribution in [1.82, 2.24) is 9.61 Å². The Kier molecular flexibility index (Phi) is 2.53. The number of nitrogens with zero attached hydrogens (tertiary/aromatic N) is 3. The first-order valence-electron chi connectivity index (χ1n) is 6.65. The average Bonchev–Trinajstić information content (AvgIpc) is 2.91. The summed E-state index contributed by atoms with van der Waals surface area (Å²) in [5.74, 6) is 0.825. The highest BCUT2D eigenvalue weighted by atomic mass is 79.9. The Hall–Kier alpha value is -2.08. The Morgan fingerprint density at radius 2 is 2.10 bits per heavy atom. The summed E-state index contributed by atoms with van der Waals surface area (Å²) in [6, 6.07) is 6.11. The van der Waals surface area contributed by atoms with Gasteiger partial charge >= 0.3 is 0 Å². The smallest absolute Gasteiger partial charge is 0.295 e. The predicted molar refractivity (Wildman–Crippen MR) is 83.7 cm³/mol. The molecular weight excluding hydrogens is 332 g/mol. The zero-order valence-electron chi connectivity index (χ0n) is 11.9. The first kappa shape index (κ1) is 12.6. The topological polar surface area (TPSA) is 42.4 Å². The van der Waals surface area contributed by atoms with E-state index in [4.69, 9.17) is 4.74 Å². The molecule has 106 valence electrons. The first-order chi connectivity index (χ1) is 10.1. The number of methoxy groups -OCH3 is 1. The summed E-state index contributed by atoms with van der Waals surface area (Å²) in [5, 5.41) is 8.02. The Balaban J connectivity index is 2.19. The number of fused-ring (bicyclic) bond motifs is 2. The van der Waals surface area contributed by atoms with Gasteiger partial charge in [-0.05, 0) is 47.5 Å². The highest BCUT2D eigenvalue weighted by Gasteiger charge is 2.31. The minimum absolute atomic E-state index is 0.825. The number of hydrogen-bond acceptors (Lipinski definition) is 3. The number of nitrogens with one attached hydrogen (secondary N) is 1. The van der Waals surface area contributed by atoms with E-state index in [1.165, 1.54) is 0 Å². The van der Waals surface area contributed by atoms with Gasteiger partial charge in [0.1, 0.15) is 11.4 Å². The Labute approximate surface area is 130 Å². The van der Waals surface area contributed by atoms with Crippen LogP contribution >= 0.6 is 15.9 Å². The average molecular weight is 346 g/mol. The molecule has 3 heterocycles. The van der Waals surface area contributed by atoms with Gasteiger partial charge in [-0.1, -0.05) is 10.6 Å². The van der Waals surface area contributed by atoms with E-state index in [9.17, 15) is 0 Å². The van der Waals surface area contributed by atoms with E-state index in [0.29, 0.717) is 0 Å². The van der Waals surface area contributed by atoms with Crippen LogP contribution in [0.5, 0.6) is 5.75 Å². The maximum absolute atomic E-state index is 5.53. The molecule has 1 aliphatic rings. The summed E-state index contributed by atoms with van der Waals surface area (Å²) in [4.78, 5) is 0. The van der Waals surface area contributed by atoms with E-state index in [1.807, 2.05) is 23.8 Å². The number of benzene rings is 1. The van der Waals surface area contributed by atoms with E-state index in [-0.39, 0.29) is 0 Å². The Morgan fingerprint density at radius 3 is 2.86 bits per heavy atom. The van der Waals surface area contributed by atoms with E-state index in [2.05, 4.69) is 50.0 Å². The zero-order valence-corrected chi connectivity index (χ0v) is 13.5. The van der Waals surface area contributed by atoms with Crippen molar-refractivity contribution in [3.8, 4) is 11.4 Å². The number of anilines is 2. The molecule has 0 radical (unpaired) electrons. The minimum Gasteiger partial charge on any atom is -0.493 e. The Morgan fingerprint density at radius 1 is 1.29 bits per heavy atom.